The van der Waals surface area contributed by atoms with Gasteiger partial charge in [-0.2, -0.15) is 0 Å². The topological polar surface area (TPSA) is 66.6 Å². The van der Waals surface area contributed by atoms with Crippen LogP contribution in [0.3, 0.4) is 0 Å². The van der Waals surface area contributed by atoms with Crippen LogP contribution in [0.2, 0.25) is 5.02 Å². The van der Waals surface area contributed by atoms with Gasteiger partial charge < -0.3 is 15.7 Å². The molecule has 0 aliphatic heterocycles. The molecule has 0 spiro atoms. The molecule has 3 N–H and O–H groups in total. The first-order valence-electron chi connectivity index (χ1n) is 6.61. The number of nitrogen functional groups attached to an aromatic ring is 1. The summed E-state index contributed by atoms with van der Waals surface area (Å²) in [4.78, 5) is 14.3. The van der Waals surface area contributed by atoms with E-state index in [1.165, 1.54) is 0 Å². The van der Waals surface area contributed by atoms with Crippen molar-refractivity contribution >= 4 is 28.9 Å². The second kappa shape index (κ2) is 6.06. The molecule has 1 amide bonds. The number of amides is 1. The van der Waals surface area contributed by atoms with Gasteiger partial charge in [0.2, 0.25) is 0 Å². The molecule has 0 aliphatic rings. The van der Waals surface area contributed by atoms with E-state index >= 15 is 0 Å². The Hall–Kier alpha value is -2.20. The maximum atomic E-state index is 12.7. The summed E-state index contributed by atoms with van der Waals surface area (Å²) in [5, 5.41) is 9.90. The average molecular weight is 305 g/mol. The first-order chi connectivity index (χ1) is 9.95. The second-order valence-corrected chi connectivity index (χ2v) is 5.11. The van der Waals surface area contributed by atoms with Gasteiger partial charge in [0.1, 0.15) is 5.75 Å². The minimum atomic E-state index is -0.247. The monoisotopic (exact) mass is 304 g/mol. The van der Waals surface area contributed by atoms with Gasteiger partial charge in [-0.15, -0.1) is 0 Å². The zero-order chi connectivity index (χ0) is 15.6. The number of nitrogens with two attached hydrogens (primary N) is 1. The van der Waals surface area contributed by atoms with Gasteiger partial charge in [0.05, 0.1) is 22.0 Å². The third-order valence-electron chi connectivity index (χ3n) is 3.30. The highest BCUT2D eigenvalue weighted by molar-refractivity contribution is 6.36. The largest absolute Gasteiger partial charge is 0.508 e. The molecule has 4 nitrogen and oxygen atoms in total. The third kappa shape index (κ3) is 2.95. The molecule has 0 aliphatic carbocycles. The molecule has 0 saturated carbocycles. The molecule has 21 heavy (non-hydrogen) atoms. The number of nitrogens with zero attached hydrogens (tertiary/aromatic N) is 1. The average Bonchev–Trinajstić information content (AvgIpc) is 2.46. The van der Waals surface area contributed by atoms with Gasteiger partial charge in [-0.25, -0.2) is 0 Å². The Labute approximate surface area is 128 Å². The summed E-state index contributed by atoms with van der Waals surface area (Å²) in [6.45, 7) is 4.20. The van der Waals surface area contributed by atoms with Crippen molar-refractivity contribution in [2.24, 2.45) is 0 Å². The molecule has 2 rings (SSSR count). The molecule has 5 heteroatoms. The van der Waals surface area contributed by atoms with Crippen LogP contribution in [0, 0.1) is 6.92 Å². The van der Waals surface area contributed by atoms with E-state index in [9.17, 15) is 9.90 Å². The number of aromatic hydroxyl groups is 1. The zero-order valence-corrected chi connectivity index (χ0v) is 12.7. The number of benzene rings is 2. The van der Waals surface area contributed by atoms with Crippen molar-refractivity contribution in [1.82, 2.24) is 0 Å². The minimum absolute atomic E-state index is 0.112. The van der Waals surface area contributed by atoms with Crippen molar-refractivity contribution in [3.63, 3.8) is 0 Å². The number of hydrogen-bond donors (Lipinski definition) is 2. The molecule has 0 heterocycles. The molecule has 0 aromatic heterocycles. The van der Waals surface area contributed by atoms with Gasteiger partial charge in [0.25, 0.3) is 5.91 Å². The van der Waals surface area contributed by atoms with Gasteiger partial charge in [0, 0.05) is 12.6 Å². The lowest BCUT2D eigenvalue weighted by Crippen LogP contribution is -2.31. The Balaban J connectivity index is 2.48. The van der Waals surface area contributed by atoms with Gasteiger partial charge in [-0.05, 0) is 37.6 Å². The van der Waals surface area contributed by atoms with Crippen molar-refractivity contribution in [3.05, 3.63) is 52.5 Å². The highest BCUT2D eigenvalue weighted by Gasteiger charge is 2.21. The maximum Gasteiger partial charge on any atom is 0.259 e. The number of phenols is 1. The molecule has 0 saturated heterocycles. The van der Waals surface area contributed by atoms with Crippen LogP contribution in [0.5, 0.6) is 5.75 Å². The van der Waals surface area contributed by atoms with Crippen molar-refractivity contribution in [2.75, 3.05) is 17.2 Å². The summed E-state index contributed by atoms with van der Waals surface area (Å²) in [6, 6.07) is 9.90. The minimum Gasteiger partial charge on any atom is -0.508 e. The van der Waals surface area contributed by atoms with Gasteiger partial charge >= 0.3 is 0 Å². The molecule has 2 aromatic carbocycles. The molecule has 0 unspecified atom stereocenters. The number of carbonyl (C=O) groups is 1. The van der Waals surface area contributed by atoms with Crippen LogP contribution in [0.15, 0.2) is 36.4 Å². The molecule has 0 radical (unpaired) electrons. The molecular formula is C16H17ClN2O2. The quantitative estimate of drug-likeness (QED) is 0.851. The highest BCUT2D eigenvalue weighted by Crippen LogP contribution is 2.29. The summed E-state index contributed by atoms with van der Waals surface area (Å²) < 4.78 is 0. The fourth-order valence-corrected chi connectivity index (χ4v) is 2.38. The van der Waals surface area contributed by atoms with Crippen LogP contribution in [0.4, 0.5) is 11.4 Å². The highest BCUT2D eigenvalue weighted by atomic mass is 35.5. The van der Waals surface area contributed by atoms with Crippen molar-refractivity contribution < 1.29 is 9.90 Å². The van der Waals surface area contributed by atoms with Gasteiger partial charge in [-0.1, -0.05) is 23.7 Å². The lowest BCUT2D eigenvalue weighted by molar-refractivity contribution is 0.0988. The van der Waals surface area contributed by atoms with E-state index in [1.54, 1.807) is 41.3 Å². The number of aryl methyl sites for hydroxylation is 1. The molecule has 0 bridgehead atoms. The Morgan fingerprint density at radius 3 is 2.71 bits per heavy atom. The number of anilines is 2. The molecule has 0 atom stereocenters. The summed E-state index contributed by atoms with van der Waals surface area (Å²) in [5.41, 5.74) is 8.01. The van der Waals surface area contributed by atoms with E-state index in [4.69, 9.17) is 17.3 Å². The SMILES string of the molecule is CCN(C(=O)c1cccc(N)c1Cl)c1cc(O)ccc1C. The summed E-state index contributed by atoms with van der Waals surface area (Å²) in [5.74, 6) is -0.135. The lowest BCUT2D eigenvalue weighted by atomic mass is 10.1. The first kappa shape index (κ1) is 15.2. The van der Waals surface area contributed by atoms with Crippen LogP contribution < -0.4 is 10.6 Å². The number of hydrogen-bond acceptors (Lipinski definition) is 3. The smallest absolute Gasteiger partial charge is 0.259 e. The Kier molecular flexibility index (Phi) is 4.38. The van der Waals surface area contributed by atoms with Crippen LogP contribution >= 0.6 is 11.6 Å². The molecular weight excluding hydrogens is 288 g/mol. The van der Waals surface area contributed by atoms with E-state index < -0.39 is 0 Å². The third-order valence-corrected chi connectivity index (χ3v) is 3.73. The van der Waals surface area contributed by atoms with Crippen molar-refractivity contribution in [2.45, 2.75) is 13.8 Å². The fourth-order valence-electron chi connectivity index (χ4n) is 2.17. The lowest BCUT2D eigenvalue weighted by Gasteiger charge is -2.24. The summed E-state index contributed by atoms with van der Waals surface area (Å²) in [7, 11) is 0. The predicted octanol–water partition coefficient (Wildman–Crippen LogP) is 3.60. The molecule has 2 aromatic rings. The Bertz CT molecular complexity index is 686. The van der Waals surface area contributed by atoms with Crippen molar-refractivity contribution in [3.8, 4) is 5.75 Å². The summed E-state index contributed by atoms with van der Waals surface area (Å²) in [6.07, 6.45) is 0. The first-order valence-corrected chi connectivity index (χ1v) is 6.99. The van der Waals surface area contributed by atoms with E-state index in [0.717, 1.165) is 5.56 Å². The van der Waals surface area contributed by atoms with E-state index in [-0.39, 0.29) is 16.7 Å². The summed E-state index contributed by atoms with van der Waals surface area (Å²) >= 11 is 6.13. The van der Waals surface area contributed by atoms with Crippen LogP contribution in [0.1, 0.15) is 22.8 Å². The van der Waals surface area contributed by atoms with Gasteiger partial charge in [-0.3, -0.25) is 4.79 Å². The van der Waals surface area contributed by atoms with Crippen LogP contribution in [-0.2, 0) is 0 Å². The number of rotatable bonds is 3. The Morgan fingerprint density at radius 2 is 2.05 bits per heavy atom. The van der Waals surface area contributed by atoms with E-state index in [1.807, 2.05) is 13.8 Å². The van der Waals surface area contributed by atoms with Crippen LogP contribution in [-0.4, -0.2) is 17.6 Å². The standard InChI is InChI=1S/C16H17ClN2O2/c1-3-19(14-9-11(20)8-7-10(14)2)16(21)12-5-4-6-13(18)15(12)17/h4-9,20H,3,18H2,1-2H3. The maximum absolute atomic E-state index is 12.7. The van der Waals surface area contributed by atoms with Crippen LogP contribution in [0.25, 0.3) is 0 Å². The number of halogens is 1. The number of phenolic OH excluding ortho intramolecular Hbond substituents is 1. The molecule has 110 valence electrons. The zero-order valence-electron chi connectivity index (χ0n) is 11.9. The van der Waals surface area contributed by atoms with Gasteiger partial charge in [0.15, 0.2) is 0 Å². The Morgan fingerprint density at radius 1 is 1.33 bits per heavy atom. The fraction of sp³-hybridized carbons (Fsp3) is 0.188. The normalized spacial score (nSPS) is 10.4. The number of carbonyl (C=O) groups excluding carboxylic acids is 1. The van der Waals surface area contributed by atoms with E-state index in [0.29, 0.717) is 23.5 Å². The van der Waals surface area contributed by atoms with E-state index in [2.05, 4.69) is 0 Å². The molecule has 0 fully saturated rings. The predicted molar refractivity (Wildman–Crippen MR) is 86.1 cm³/mol. The second-order valence-electron chi connectivity index (χ2n) is 4.73. The van der Waals surface area contributed by atoms with Crippen molar-refractivity contribution in [1.29, 1.82) is 0 Å².